The van der Waals surface area contributed by atoms with E-state index in [-0.39, 0.29) is 0 Å². The Labute approximate surface area is 89.1 Å². The van der Waals surface area contributed by atoms with Gasteiger partial charge in [-0.2, -0.15) is 0 Å². The van der Waals surface area contributed by atoms with Crippen LogP contribution in [-0.4, -0.2) is 5.78 Å². The maximum absolute atomic E-state index is 11.7. The number of carbonyl (C=O) groups excluding carboxylic acids is 1. The predicted octanol–water partition coefficient (Wildman–Crippen LogP) is 3.11. The van der Waals surface area contributed by atoms with Gasteiger partial charge in [-0.15, -0.1) is 0 Å². The zero-order valence-corrected chi connectivity index (χ0v) is 8.92. The Morgan fingerprint density at radius 3 is 2.86 bits per heavy atom. The van der Waals surface area contributed by atoms with Crippen LogP contribution >= 0.6 is 11.6 Å². The van der Waals surface area contributed by atoms with E-state index in [1.165, 1.54) is 0 Å². The van der Waals surface area contributed by atoms with Gasteiger partial charge in [0.2, 0.25) is 0 Å². The normalized spacial score (nSPS) is 24.7. The number of carbonyl (C=O) groups is 1. The maximum Gasteiger partial charge on any atom is 0.140 e. The molecule has 1 aromatic rings. The van der Waals surface area contributed by atoms with Crippen molar-refractivity contribution >= 4 is 17.4 Å². The van der Waals surface area contributed by atoms with E-state index in [0.717, 1.165) is 12.0 Å². The number of ketones is 1. The summed E-state index contributed by atoms with van der Waals surface area (Å²) in [7, 11) is 0. The first kappa shape index (κ1) is 9.72. The molecule has 1 fully saturated rings. The molecule has 2 rings (SSSR count). The lowest BCUT2D eigenvalue weighted by Gasteiger charge is -2.00. The molecular formula is C12H13ClO. The van der Waals surface area contributed by atoms with E-state index in [9.17, 15) is 4.79 Å². The van der Waals surface area contributed by atoms with Gasteiger partial charge < -0.3 is 0 Å². The van der Waals surface area contributed by atoms with E-state index in [1.807, 2.05) is 24.3 Å². The van der Waals surface area contributed by atoms with Crippen LogP contribution in [0, 0.1) is 11.8 Å². The number of halogens is 1. The van der Waals surface area contributed by atoms with Crippen molar-refractivity contribution in [1.29, 1.82) is 0 Å². The molecule has 0 aliphatic heterocycles. The topological polar surface area (TPSA) is 17.1 Å². The van der Waals surface area contributed by atoms with E-state index >= 15 is 0 Å². The SMILES string of the molecule is CC1CC1C(=O)Cc1cccc(Cl)c1. The van der Waals surface area contributed by atoms with Crippen LogP contribution in [0.25, 0.3) is 0 Å². The lowest BCUT2D eigenvalue weighted by molar-refractivity contribution is -0.119. The van der Waals surface area contributed by atoms with Gasteiger partial charge in [0.1, 0.15) is 5.78 Å². The summed E-state index contributed by atoms with van der Waals surface area (Å²) in [5, 5.41) is 0.708. The first-order valence-electron chi connectivity index (χ1n) is 4.94. The quantitative estimate of drug-likeness (QED) is 0.746. The van der Waals surface area contributed by atoms with Crippen molar-refractivity contribution in [2.45, 2.75) is 19.8 Å². The minimum absolute atomic E-state index is 0.314. The summed E-state index contributed by atoms with van der Waals surface area (Å²) in [6, 6.07) is 7.54. The lowest BCUT2D eigenvalue weighted by Crippen LogP contribution is -2.05. The van der Waals surface area contributed by atoms with Gasteiger partial charge in [-0.3, -0.25) is 4.79 Å². The van der Waals surface area contributed by atoms with Gasteiger partial charge in [0, 0.05) is 17.4 Å². The van der Waals surface area contributed by atoms with E-state index in [0.29, 0.717) is 29.1 Å². The molecule has 1 aromatic carbocycles. The third-order valence-corrected chi connectivity index (χ3v) is 3.03. The molecule has 2 unspecified atom stereocenters. The molecule has 0 bridgehead atoms. The Morgan fingerprint density at radius 1 is 1.57 bits per heavy atom. The van der Waals surface area contributed by atoms with Crippen LogP contribution in [0.2, 0.25) is 5.02 Å². The van der Waals surface area contributed by atoms with Crippen LogP contribution in [0.3, 0.4) is 0 Å². The van der Waals surface area contributed by atoms with Gasteiger partial charge in [-0.25, -0.2) is 0 Å². The number of hydrogen-bond acceptors (Lipinski definition) is 1. The molecule has 74 valence electrons. The molecule has 2 heteroatoms. The molecule has 0 saturated heterocycles. The molecule has 1 nitrogen and oxygen atoms in total. The fourth-order valence-electron chi connectivity index (χ4n) is 1.75. The van der Waals surface area contributed by atoms with Crippen LogP contribution in [0.5, 0.6) is 0 Å². The first-order chi connectivity index (χ1) is 6.66. The molecule has 0 amide bonds. The van der Waals surface area contributed by atoms with Crippen molar-refractivity contribution in [3.63, 3.8) is 0 Å². The highest BCUT2D eigenvalue weighted by Gasteiger charge is 2.38. The van der Waals surface area contributed by atoms with Gasteiger partial charge in [-0.05, 0) is 30.0 Å². The van der Waals surface area contributed by atoms with Crippen molar-refractivity contribution in [2.24, 2.45) is 11.8 Å². The number of benzene rings is 1. The summed E-state index contributed by atoms with van der Waals surface area (Å²) >= 11 is 5.84. The Morgan fingerprint density at radius 2 is 2.29 bits per heavy atom. The first-order valence-corrected chi connectivity index (χ1v) is 5.32. The third-order valence-electron chi connectivity index (χ3n) is 2.79. The van der Waals surface area contributed by atoms with Crippen LogP contribution in [0.15, 0.2) is 24.3 Å². The number of rotatable bonds is 3. The van der Waals surface area contributed by atoms with Crippen LogP contribution in [0.1, 0.15) is 18.9 Å². The average Bonchev–Trinajstić information content (AvgIpc) is 2.82. The minimum atomic E-state index is 0.314. The Bertz CT molecular complexity index is 359. The summed E-state index contributed by atoms with van der Waals surface area (Å²) in [6.45, 7) is 2.13. The predicted molar refractivity (Wildman–Crippen MR) is 57.4 cm³/mol. The van der Waals surface area contributed by atoms with Gasteiger partial charge in [0.05, 0.1) is 0 Å². The maximum atomic E-state index is 11.7. The third kappa shape index (κ3) is 2.16. The molecule has 1 aliphatic rings. The Hall–Kier alpha value is -0.820. The molecule has 1 aliphatic carbocycles. The van der Waals surface area contributed by atoms with Crippen LogP contribution in [0.4, 0.5) is 0 Å². The fourth-order valence-corrected chi connectivity index (χ4v) is 1.96. The molecule has 0 spiro atoms. The summed E-state index contributed by atoms with van der Waals surface area (Å²) in [6.07, 6.45) is 1.61. The van der Waals surface area contributed by atoms with Crippen molar-refractivity contribution in [1.82, 2.24) is 0 Å². The van der Waals surface area contributed by atoms with Gasteiger partial charge in [0.15, 0.2) is 0 Å². The number of Topliss-reactive ketones (excluding diaryl/α,β-unsaturated/α-hetero) is 1. The summed E-state index contributed by atoms with van der Waals surface area (Å²) in [4.78, 5) is 11.7. The second-order valence-corrected chi connectivity index (χ2v) is 4.53. The molecule has 1 saturated carbocycles. The van der Waals surface area contributed by atoms with E-state index in [1.54, 1.807) is 0 Å². The minimum Gasteiger partial charge on any atom is -0.299 e. The smallest absolute Gasteiger partial charge is 0.140 e. The second kappa shape index (κ2) is 3.74. The molecule has 0 N–H and O–H groups in total. The van der Waals surface area contributed by atoms with Crippen molar-refractivity contribution in [3.05, 3.63) is 34.9 Å². The Balaban J connectivity index is 2.00. The van der Waals surface area contributed by atoms with Crippen LogP contribution < -0.4 is 0 Å². The second-order valence-electron chi connectivity index (χ2n) is 4.09. The fraction of sp³-hybridized carbons (Fsp3) is 0.417. The molecular weight excluding hydrogens is 196 g/mol. The summed E-state index contributed by atoms with van der Waals surface area (Å²) < 4.78 is 0. The van der Waals surface area contributed by atoms with Crippen molar-refractivity contribution < 1.29 is 4.79 Å². The van der Waals surface area contributed by atoms with Gasteiger partial charge >= 0.3 is 0 Å². The molecule has 0 aromatic heterocycles. The molecule has 0 heterocycles. The monoisotopic (exact) mass is 208 g/mol. The lowest BCUT2D eigenvalue weighted by atomic mass is 10.1. The van der Waals surface area contributed by atoms with Gasteiger partial charge in [-0.1, -0.05) is 30.7 Å². The highest BCUT2D eigenvalue weighted by Crippen LogP contribution is 2.39. The Kier molecular flexibility index (Phi) is 2.60. The zero-order valence-electron chi connectivity index (χ0n) is 8.16. The zero-order chi connectivity index (χ0) is 10.1. The summed E-state index contributed by atoms with van der Waals surface area (Å²) in [5.41, 5.74) is 1.03. The molecule has 2 atom stereocenters. The van der Waals surface area contributed by atoms with Gasteiger partial charge in [0.25, 0.3) is 0 Å². The van der Waals surface area contributed by atoms with E-state index < -0.39 is 0 Å². The van der Waals surface area contributed by atoms with E-state index in [4.69, 9.17) is 11.6 Å². The standard InChI is InChI=1S/C12H13ClO/c1-8-5-11(8)12(14)7-9-3-2-4-10(13)6-9/h2-4,6,8,11H,5,7H2,1H3. The number of hydrogen-bond donors (Lipinski definition) is 0. The van der Waals surface area contributed by atoms with Crippen LogP contribution in [-0.2, 0) is 11.2 Å². The largest absolute Gasteiger partial charge is 0.299 e. The molecule has 0 radical (unpaired) electrons. The highest BCUT2D eigenvalue weighted by molar-refractivity contribution is 6.30. The highest BCUT2D eigenvalue weighted by atomic mass is 35.5. The van der Waals surface area contributed by atoms with Crippen molar-refractivity contribution in [3.8, 4) is 0 Å². The van der Waals surface area contributed by atoms with Crippen molar-refractivity contribution in [2.75, 3.05) is 0 Å². The summed E-state index contributed by atoms with van der Waals surface area (Å²) in [5.74, 6) is 1.27. The average molecular weight is 209 g/mol. The van der Waals surface area contributed by atoms with E-state index in [2.05, 4.69) is 6.92 Å². The molecule has 14 heavy (non-hydrogen) atoms.